The van der Waals surface area contributed by atoms with E-state index in [1.807, 2.05) is 43.3 Å². The Morgan fingerprint density at radius 3 is 2.62 bits per heavy atom. The molecular weight excluding hydrogens is 262 g/mol. The number of hydrogen-bond acceptors (Lipinski definition) is 3. The third-order valence-corrected chi connectivity index (χ3v) is 3.22. The Balaban J connectivity index is 2.77. The van der Waals surface area contributed by atoms with Crippen LogP contribution in [-0.4, -0.2) is 9.55 Å². The standard InChI is InChI=1S/C17H15N3O/c1-3-12-20-16(13-8-6-5-7-9-13)19-15(4-2)14(10-11-18)17(20)21/h1,5-9H,4,10,12H2,2H3. The fourth-order valence-corrected chi connectivity index (χ4v) is 2.23. The molecule has 0 atom stereocenters. The van der Waals surface area contributed by atoms with Crippen molar-refractivity contribution in [1.82, 2.24) is 9.55 Å². The van der Waals surface area contributed by atoms with Crippen LogP contribution in [0.3, 0.4) is 0 Å². The highest BCUT2D eigenvalue weighted by molar-refractivity contribution is 5.56. The number of rotatable bonds is 4. The molecule has 0 aliphatic carbocycles. The van der Waals surface area contributed by atoms with Crippen LogP contribution in [-0.2, 0) is 19.4 Å². The molecule has 2 rings (SSSR count). The first-order valence-electron chi connectivity index (χ1n) is 6.71. The Hall–Kier alpha value is -2.85. The third-order valence-electron chi connectivity index (χ3n) is 3.22. The van der Waals surface area contributed by atoms with E-state index in [2.05, 4.69) is 10.9 Å². The van der Waals surface area contributed by atoms with Crippen LogP contribution in [0.1, 0.15) is 18.2 Å². The lowest BCUT2D eigenvalue weighted by atomic mass is 10.1. The normalized spacial score (nSPS) is 9.86. The lowest BCUT2D eigenvalue weighted by Crippen LogP contribution is -2.28. The summed E-state index contributed by atoms with van der Waals surface area (Å²) in [6.07, 6.45) is 6.02. The zero-order valence-corrected chi connectivity index (χ0v) is 11.8. The first kappa shape index (κ1) is 14.6. The van der Waals surface area contributed by atoms with Crippen molar-refractivity contribution in [3.8, 4) is 29.8 Å². The van der Waals surface area contributed by atoms with Crippen molar-refractivity contribution in [1.29, 1.82) is 5.26 Å². The molecule has 0 spiro atoms. The zero-order chi connectivity index (χ0) is 15.2. The molecule has 0 N–H and O–H groups in total. The molecular formula is C17H15N3O. The van der Waals surface area contributed by atoms with Crippen molar-refractivity contribution < 1.29 is 0 Å². The van der Waals surface area contributed by atoms with Crippen molar-refractivity contribution in [3.63, 3.8) is 0 Å². The third kappa shape index (κ3) is 2.85. The number of terminal acetylenes is 1. The lowest BCUT2D eigenvalue weighted by molar-refractivity contribution is 0.749. The molecule has 0 saturated carbocycles. The van der Waals surface area contributed by atoms with Crippen molar-refractivity contribution in [2.45, 2.75) is 26.3 Å². The Morgan fingerprint density at radius 2 is 2.05 bits per heavy atom. The molecule has 0 fully saturated rings. The van der Waals surface area contributed by atoms with Crippen molar-refractivity contribution in [3.05, 3.63) is 51.9 Å². The molecule has 1 aromatic heterocycles. The van der Waals surface area contributed by atoms with Gasteiger partial charge < -0.3 is 0 Å². The number of nitrogens with zero attached hydrogens (tertiary/aromatic N) is 3. The lowest BCUT2D eigenvalue weighted by Gasteiger charge is -2.14. The summed E-state index contributed by atoms with van der Waals surface area (Å²) in [5.41, 5.74) is 1.71. The fourth-order valence-electron chi connectivity index (χ4n) is 2.23. The number of aromatic nitrogens is 2. The van der Waals surface area contributed by atoms with Crippen molar-refractivity contribution in [2.75, 3.05) is 0 Å². The van der Waals surface area contributed by atoms with E-state index in [-0.39, 0.29) is 18.5 Å². The van der Waals surface area contributed by atoms with Gasteiger partial charge in [0.05, 0.1) is 30.3 Å². The molecule has 1 aromatic carbocycles. The van der Waals surface area contributed by atoms with Gasteiger partial charge in [0.15, 0.2) is 0 Å². The highest BCUT2D eigenvalue weighted by Gasteiger charge is 2.15. The van der Waals surface area contributed by atoms with Gasteiger partial charge in [-0.2, -0.15) is 5.26 Å². The van der Waals surface area contributed by atoms with E-state index in [1.165, 1.54) is 4.57 Å². The Kier molecular flexibility index (Phi) is 4.53. The van der Waals surface area contributed by atoms with Crippen LogP contribution >= 0.6 is 0 Å². The van der Waals surface area contributed by atoms with Crippen LogP contribution in [0.15, 0.2) is 35.1 Å². The van der Waals surface area contributed by atoms with Crippen molar-refractivity contribution in [2.24, 2.45) is 0 Å². The molecule has 2 aromatic rings. The average molecular weight is 277 g/mol. The molecule has 0 saturated heterocycles. The summed E-state index contributed by atoms with van der Waals surface area (Å²) in [5, 5.41) is 8.90. The molecule has 0 unspecified atom stereocenters. The highest BCUT2D eigenvalue weighted by Crippen LogP contribution is 2.17. The molecule has 0 aliphatic rings. The van der Waals surface area contributed by atoms with Gasteiger partial charge in [0, 0.05) is 5.56 Å². The van der Waals surface area contributed by atoms with E-state index >= 15 is 0 Å². The average Bonchev–Trinajstić information content (AvgIpc) is 2.52. The summed E-state index contributed by atoms with van der Waals surface area (Å²) in [6, 6.07) is 11.5. The summed E-state index contributed by atoms with van der Waals surface area (Å²) in [7, 11) is 0. The maximum Gasteiger partial charge on any atom is 0.259 e. The number of nitriles is 1. The minimum Gasteiger partial charge on any atom is -0.281 e. The highest BCUT2D eigenvalue weighted by atomic mass is 16.1. The van der Waals surface area contributed by atoms with E-state index < -0.39 is 0 Å². The number of aryl methyl sites for hydroxylation is 1. The molecule has 4 nitrogen and oxygen atoms in total. The number of hydrogen-bond donors (Lipinski definition) is 0. The van der Waals surface area contributed by atoms with Crippen LogP contribution in [0.5, 0.6) is 0 Å². The Labute approximate surface area is 123 Å². The summed E-state index contributed by atoms with van der Waals surface area (Å²) in [4.78, 5) is 17.2. The minimum absolute atomic E-state index is 0.0502. The SMILES string of the molecule is C#CCn1c(-c2ccccc2)nc(CC)c(CC#N)c1=O. The minimum atomic E-state index is -0.222. The first-order valence-corrected chi connectivity index (χ1v) is 6.71. The molecule has 104 valence electrons. The predicted molar refractivity (Wildman–Crippen MR) is 81.5 cm³/mol. The van der Waals surface area contributed by atoms with Gasteiger partial charge in [-0.3, -0.25) is 9.36 Å². The second kappa shape index (κ2) is 6.54. The monoisotopic (exact) mass is 277 g/mol. The van der Waals surface area contributed by atoms with Gasteiger partial charge in [0.1, 0.15) is 5.82 Å². The quantitative estimate of drug-likeness (QED) is 0.805. The van der Waals surface area contributed by atoms with Crippen LogP contribution in [0.25, 0.3) is 11.4 Å². The van der Waals surface area contributed by atoms with Crippen LogP contribution in [0.2, 0.25) is 0 Å². The molecule has 0 amide bonds. The maximum atomic E-state index is 12.6. The van der Waals surface area contributed by atoms with Gasteiger partial charge in [-0.25, -0.2) is 4.98 Å². The summed E-state index contributed by atoms with van der Waals surface area (Å²) >= 11 is 0. The van der Waals surface area contributed by atoms with Crippen LogP contribution < -0.4 is 5.56 Å². The van der Waals surface area contributed by atoms with E-state index in [0.29, 0.717) is 23.5 Å². The van der Waals surface area contributed by atoms with E-state index in [1.54, 1.807) is 0 Å². The molecule has 1 heterocycles. The van der Waals surface area contributed by atoms with Gasteiger partial charge in [-0.1, -0.05) is 43.2 Å². The van der Waals surface area contributed by atoms with E-state index in [4.69, 9.17) is 11.7 Å². The van der Waals surface area contributed by atoms with Gasteiger partial charge >= 0.3 is 0 Å². The van der Waals surface area contributed by atoms with Gasteiger partial charge in [0.25, 0.3) is 5.56 Å². The first-order chi connectivity index (χ1) is 10.2. The number of benzene rings is 1. The maximum absolute atomic E-state index is 12.6. The molecule has 21 heavy (non-hydrogen) atoms. The largest absolute Gasteiger partial charge is 0.281 e. The smallest absolute Gasteiger partial charge is 0.259 e. The molecule has 0 aliphatic heterocycles. The predicted octanol–water partition coefficient (Wildman–Crippen LogP) is 2.17. The summed E-state index contributed by atoms with van der Waals surface area (Å²) < 4.78 is 1.46. The topological polar surface area (TPSA) is 58.7 Å². The molecule has 4 heteroatoms. The molecule has 0 radical (unpaired) electrons. The second-order valence-corrected chi connectivity index (χ2v) is 4.51. The van der Waals surface area contributed by atoms with Gasteiger partial charge in [-0.05, 0) is 6.42 Å². The molecule has 0 bridgehead atoms. The Bertz CT molecular complexity index is 777. The van der Waals surface area contributed by atoms with Crippen LogP contribution in [0.4, 0.5) is 0 Å². The van der Waals surface area contributed by atoms with E-state index in [9.17, 15) is 4.79 Å². The van der Waals surface area contributed by atoms with Gasteiger partial charge in [0.2, 0.25) is 0 Å². The fraction of sp³-hybridized carbons (Fsp3) is 0.235. The second-order valence-electron chi connectivity index (χ2n) is 4.51. The summed E-state index contributed by atoms with van der Waals surface area (Å²) in [5.74, 6) is 3.03. The van der Waals surface area contributed by atoms with E-state index in [0.717, 1.165) is 5.56 Å². The van der Waals surface area contributed by atoms with Crippen LogP contribution in [0, 0.1) is 23.7 Å². The van der Waals surface area contributed by atoms with Gasteiger partial charge in [-0.15, -0.1) is 6.42 Å². The van der Waals surface area contributed by atoms with Crippen molar-refractivity contribution >= 4 is 0 Å². The zero-order valence-electron chi connectivity index (χ0n) is 11.8. The Morgan fingerprint density at radius 1 is 1.33 bits per heavy atom. The summed E-state index contributed by atoms with van der Waals surface area (Å²) in [6.45, 7) is 2.06.